The lowest BCUT2D eigenvalue weighted by Gasteiger charge is -2.30. The van der Waals surface area contributed by atoms with Gasteiger partial charge in [-0.3, -0.25) is 0 Å². The van der Waals surface area contributed by atoms with E-state index < -0.39 is 30.3 Å². The highest BCUT2D eigenvalue weighted by Gasteiger charge is 2.32. The maximum Gasteiger partial charge on any atom is 0.126 e. The number of hydrogen-bond acceptors (Lipinski definition) is 2. The fourth-order valence-corrected chi connectivity index (χ4v) is 2.27. The Labute approximate surface area is 116 Å². The monoisotopic (exact) mass is 278 g/mol. The summed E-state index contributed by atoms with van der Waals surface area (Å²) in [7, 11) is 0. The quantitative estimate of drug-likeness (QED) is 0.882. The number of hydrogen-bond donors (Lipinski definition) is 2. The fraction of sp³-hybridized carbons (Fsp3) is 0.250. The molecular formula is C16H16F2O2. The summed E-state index contributed by atoms with van der Waals surface area (Å²) in [6, 6.07) is 11.8. The SMILES string of the molecule is OCC(CO)(Cc1ccccc1F)c1cccc(F)c1. The molecule has 0 fully saturated rings. The zero-order valence-corrected chi connectivity index (χ0v) is 10.9. The number of aliphatic hydroxyl groups is 2. The highest BCUT2D eigenvalue weighted by atomic mass is 19.1. The molecule has 0 saturated heterocycles. The second kappa shape index (κ2) is 6.11. The molecule has 0 saturated carbocycles. The molecule has 2 aromatic rings. The molecule has 4 heteroatoms. The molecule has 0 amide bonds. The molecule has 0 aliphatic heterocycles. The molecule has 0 spiro atoms. The van der Waals surface area contributed by atoms with Crippen LogP contribution in [-0.4, -0.2) is 23.4 Å². The van der Waals surface area contributed by atoms with Gasteiger partial charge >= 0.3 is 0 Å². The lowest BCUT2D eigenvalue weighted by molar-refractivity contribution is 0.115. The van der Waals surface area contributed by atoms with Crippen LogP contribution in [0.25, 0.3) is 0 Å². The lowest BCUT2D eigenvalue weighted by Crippen LogP contribution is -2.37. The maximum absolute atomic E-state index is 13.8. The molecule has 0 bridgehead atoms. The molecule has 0 radical (unpaired) electrons. The van der Waals surface area contributed by atoms with Crippen molar-refractivity contribution in [2.45, 2.75) is 11.8 Å². The molecule has 2 nitrogen and oxygen atoms in total. The Morgan fingerprint density at radius 1 is 0.900 bits per heavy atom. The highest BCUT2D eigenvalue weighted by molar-refractivity contribution is 5.31. The smallest absolute Gasteiger partial charge is 0.126 e. The van der Waals surface area contributed by atoms with E-state index in [9.17, 15) is 19.0 Å². The minimum atomic E-state index is -1.11. The van der Waals surface area contributed by atoms with Crippen LogP contribution in [0, 0.1) is 11.6 Å². The van der Waals surface area contributed by atoms with Crippen molar-refractivity contribution in [2.75, 3.05) is 13.2 Å². The molecule has 2 N–H and O–H groups in total. The van der Waals surface area contributed by atoms with Gasteiger partial charge in [0.2, 0.25) is 0 Å². The predicted molar refractivity (Wildman–Crippen MR) is 72.4 cm³/mol. The fourth-order valence-electron chi connectivity index (χ4n) is 2.27. The molecule has 0 aliphatic rings. The Kier molecular flexibility index (Phi) is 4.47. The third-order valence-corrected chi connectivity index (χ3v) is 3.53. The number of benzene rings is 2. The number of halogens is 2. The van der Waals surface area contributed by atoms with E-state index in [1.54, 1.807) is 24.3 Å². The van der Waals surface area contributed by atoms with Crippen LogP contribution in [0.1, 0.15) is 11.1 Å². The molecule has 0 atom stereocenters. The Morgan fingerprint density at radius 3 is 2.20 bits per heavy atom. The molecule has 20 heavy (non-hydrogen) atoms. The zero-order chi connectivity index (χ0) is 14.6. The third kappa shape index (κ3) is 2.86. The van der Waals surface area contributed by atoms with E-state index in [-0.39, 0.29) is 6.42 Å². The van der Waals surface area contributed by atoms with E-state index in [0.717, 1.165) is 0 Å². The second-order valence-corrected chi connectivity index (χ2v) is 4.88. The van der Waals surface area contributed by atoms with Crippen LogP contribution in [0.15, 0.2) is 48.5 Å². The summed E-state index contributed by atoms with van der Waals surface area (Å²) in [5.74, 6) is -0.863. The normalized spacial score (nSPS) is 11.6. The van der Waals surface area contributed by atoms with Gasteiger partial charge in [-0.2, -0.15) is 0 Å². The molecule has 2 aromatic carbocycles. The van der Waals surface area contributed by atoms with Crippen LogP contribution < -0.4 is 0 Å². The van der Waals surface area contributed by atoms with Crippen molar-refractivity contribution >= 4 is 0 Å². The van der Waals surface area contributed by atoms with Gasteiger partial charge in [-0.25, -0.2) is 8.78 Å². The van der Waals surface area contributed by atoms with E-state index >= 15 is 0 Å². The first-order chi connectivity index (χ1) is 9.61. The van der Waals surface area contributed by atoms with Crippen LogP contribution >= 0.6 is 0 Å². The van der Waals surface area contributed by atoms with Crippen molar-refractivity contribution < 1.29 is 19.0 Å². The average Bonchev–Trinajstić information content (AvgIpc) is 2.47. The van der Waals surface area contributed by atoms with Crippen LogP contribution in [0.4, 0.5) is 8.78 Å². The van der Waals surface area contributed by atoms with E-state index in [1.807, 2.05) is 0 Å². The predicted octanol–water partition coefficient (Wildman–Crippen LogP) is 2.43. The van der Waals surface area contributed by atoms with Crippen molar-refractivity contribution in [3.63, 3.8) is 0 Å². The number of aliphatic hydroxyl groups excluding tert-OH is 2. The zero-order valence-electron chi connectivity index (χ0n) is 10.9. The molecule has 2 rings (SSSR count). The third-order valence-electron chi connectivity index (χ3n) is 3.53. The molecule has 0 aliphatic carbocycles. The molecular weight excluding hydrogens is 262 g/mol. The van der Waals surface area contributed by atoms with E-state index in [4.69, 9.17) is 0 Å². The minimum absolute atomic E-state index is 0.0934. The van der Waals surface area contributed by atoms with Crippen LogP contribution in [0.5, 0.6) is 0 Å². The Hall–Kier alpha value is -1.78. The van der Waals surface area contributed by atoms with Crippen LogP contribution in [-0.2, 0) is 11.8 Å². The summed E-state index contributed by atoms with van der Waals surface area (Å²) in [5.41, 5.74) is -0.282. The van der Waals surface area contributed by atoms with Gasteiger partial charge in [-0.1, -0.05) is 30.3 Å². The summed E-state index contributed by atoms with van der Waals surface area (Å²) in [6.07, 6.45) is 0.0934. The van der Waals surface area contributed by atoms with Gasteiger partial charge in [-0.15, -0.1) is 0 Å². The highest BCUT2D eigenvalue weighted by Crippen LogP contribution is 2.29. The molecule has 0 heterocycles. The van der Waals surface area contributed by atoms with Gasteiger partial charge in [0.25, 0.3) is 0 Å². The second-order valence-electron chi connectivity index (χ2n) is 4.88. The summed E-state index contributed by atoms with van der Waals surface area (Å²) in [4.78, 5) is 0. The topological polar surface area (TPSA) is 40.5 Å². The van der Waals surface area contributed by atoms with Crippen LogP contribution in [0.2, 0.25) is 0 Å². The average molecular weight is 278 g/mol. The lowest BCUT2D eigenvalue weighted by atomic mass is 9.76. The summed E-state index contributed by atoms with van der Waals surface area (Å²) in [6.45, 7) is -0.803. The molecule has 0 unspecified atom stereocenters. The van der Waals surface area contributed by atoms with E-state index in [2.05, 4.69) is 0 Å². The molecule has 106 valence electrons. The van der Waals surface area contributed by atoms with Crippen molar-refractivity contribution in [3.8, 4) is 0 Å². The minimum Gasteiger partial charge on any atom is -0.395 e. The largest absolute Gasteiger partial charge is 0.395 e. The van der Waals surface area contributed by atoms with Gasteiger partial charge in [0.05, 0.1) is 13.2 Å². The van der Waals surface area contributed by atoms with Crippen LogP contribution in [0.3, 0.4) is 0 Å². The molecule has 0 aromatic heterocycles. The first kappa shape index (κ1) is 14.6. The van der Waals surface area contributed by atoms with Gasteiger partial charge < -0.3 is 10.2 Å². The van der Waals surface area contributed by atoms with Crippen molar-refractivity contribution in [1.29, 1.82) is 0 Å². The maximum atomic E-state index is 13.8. The van der Waals surface area contributed by atoms with Crippen molar-refractivity contribution in [3.05, 3.63) is 71.3 Å². The Bertz CT molecular complexity index is 580. The van der Waals surface area contributed by atoms with E-state index in [0.29, 0.717) is 11.1 Å². The van der Waals surface area contributed by atoms with Gasteiger partial charge in [-0.05, 0) is 35.7 Å². The standard InChI is InChI=1S/C16H16F2O2/c17-14-6-3-5-13(8-14)16(10-19,11-20)9-12-4-1-2-7-15(12)18/h1-8,19-20H,9-11H2. The summed E-state index contributed by atoms with van der Waals surface area (Å²) < 4.78 is 27.1. The van der Waals surface area contributed by atoms with E-state index in [1.165, 1.54) is 24.3 Å². The Balaban J connectivity index is 2.42. The van der Waals surface area contributed by atoms with Gasteiger partial charge in [0.15, 0.2) is 0 Å². The first-order valence-corrected chi connectivity index (χ1v) is 6.32. The Morgan fingerprint density at radius 2 is 1.60 bits per heavy atom. The summed E-state index contributed by atoms with van der Waals surface area (Å²) >= 11 is 0. The van der Waals surface area contributed by atoms with Crippen molar-refractivity contribution in [1.82, 2.24) is 0 Å². The van der Waals surface area contributed by atoms with Crippen molar-refractivity contribution in [2.24, 2.45) is 0 Å². The summed E-state index contributed by atoms with van der Waals surface area (Å²) in [5, 5.41) is 19.3. The first-order valence-electron chi connectivity index (χ1n) is 6.32. The van der Waals surface area contributed by atoms with Gasteiger partial charge in [0, 0.05) is 5.41 Å². The van der Waals surface area contributed by atoms with Gasteiger partial charge in [0.1, 0.15) is 11.6 Å². The number of rotatable bonds is 5.